The Morgan fingerprint density at radius 3 is 2.58 bits per heavy atom. The summed E-state index contributed by atoms with van der Waals surface area (Å²) in [6, 6.07) is 0. The molecule has 1 amide bonds. The van der Waals surface area contributed by atoms with Crippen molar-refractivity contribution in [1.82, 2.24) is 9.80 Å². The first-order valence-corrected chi connectivity index (χ1v) is 9.75. The molecule has 2 fully saturated rings. The first-order chi connectivity index (χ1) is 12.6. The third-order valence-electron chi connectivity index (χ3n) is 5.85. The van der Waals surface area contributed by atoms with Crippen LogP contribution in [0.15, 0.2) is 23.3 Å². The summed E-state index contributed by atoms with van der Waals surface area (Å²) in [5.74, 6) is -0.0830. The molecule has 1 atom stereocenters. The number of hydrogen-bond donors (Lipinski definition) is 1. The number of piperidine rings is 2. The molecule has 0 bridgehead atoms. The molecule has 26 heavy (non-hydrogen) atoms. The summed E-state index contributed by atoms with van der Waals surface area (Å²) >= 11 is 0. The molecule has 0 radical (unpaired) electrons. The van der Waals surface area contributed by atoms with Crippen molar-refractivity contribution in [2.45, 2.75) is 44.6 Å². The van der Waals surface area contributed by atoms with Gasteiger partial charge in [-0.3, -0.25) is 4.79 Å². The number of allylic oxidation sites excluding steroid dienone is 2. The Labute approximate surface area is 155 Å². The third-order valence-corrected chi connectivity index (χ3v) is 5.85. The third kappa shape index (κ3) is 4.54. The Bertz CT molecular complexity index is 591. The molecule has 144 valence electrons. The number of aliphatic hydroxyl groups excluding tert-OH is 1. The summed E-state index contributed by atoms with van der Waals surface area (Å²) in [7, 11) is 1.40. The van der Waals surface area contributed by atoms with Gasteiger partial charge in [0.05, 0.1) is 19.1 Å². The van der Waals surface area contributed by atoms with E-state index in [9.17, 15) is 14.7 Å². The highest BCUT2D eigenvalue weighted by Crippen LogP contribution is 2.31. The predicted molar refractivity (Wildman–Crippen MR) is 98.4 cm³/mol. The first kappa shape index (κ1) is 19.1. The van der Waals surface area contributed by atoms with E-state index in [2.05, 4.69) is 4.90 Å². The highest BCUT2D eigenvalue weighted by molar-refractivity contribution is 5.89. The van der Waals surface area contributed by atoms with E-state index in [0.29, 0.717) is 12.0 Å². The van der Waals surface area contributed by atoms with Crippen LogP contribution in [0.1, 0.15) is 38.5 Å². The van der Waals surface area contributed by atoms with Crippen LogP contribution in [0.3, 0.4) is 0 Å². The van der Waals surface area contributed by atoms with Crippen LogP contribution in [0, 0.1) is 5.92 Å². The van der Waals surface area contributed by atoms with Crippen LogP contribution in [0.5, 0.6) is 0 Å². The second kappa shape index (κ2) is 8.82. The van der Waals surface area contributed by atoms with Crippen LogP contribution in [-0.2, 0) is 14.3 Å². The quantitative estimate of drug-likeness (QED) is 0.751. The van der Waals surface area contributed by atoms with Gasteiger partial charge in [0.15, 0.2) is 0 Å². The SMILES string of the molecule is COC(=O)C1=CC=C(C2CCCN(CCN3CCC(O)CC3)C2=O)CC1. The van der Waals surface area contributed by atoms with Gasteiger partial charge in [0, 0.05) is 38.3 Å². The fourth-order valence-corrected chi connectivity index (χ4v) is 4.16. The normalized spacial score (nSPS) is 25.7. The van der Waals surface area contributed by atoms with E-state index in [0.717, 1.165) is 70.4 Å². The molecule has 0 aromatic carbocycles. The molecule has 0 aromatic rings. The molecular weight excluding hydrogens is 332 g/mol. The van der Waals surface area contributed by atoms with Crippen molar-refractivity contribution in [3.8, 4) is 0 Å². The van der Waals surface area contributed by atoms with Crippen molar-refractivity contribution < 1.29 is 19.4 Å². The molecule has 3 rings (SSSR count). The lowest BCUT2D eigenvalue weighted by atomic mass is 9.83. The summed E-state index contributed by atoms with van der Waals surface area (Å²) in [6.07, 6.45) is 8.61. The van der Waals surface area contributed by atoms with Gasteiger partial charge in [0.1, 0.15) is 0 Å². The maximum absolute atomic E-state index is 12.9. The summed E-state index contributed by atoms with van der Waals surface area (Å²) in [5.41, 5.74) is 1.83. The Hall–Kier alpha value is -1.66. The van der Waals surface area contributed by atoms with Gasteiger partial charge < -0.3 is 19.6 Å². The van der Waals surface area contributed by atoms with Crippen molar-refractivity contribution in [2.75, 3.05) is 39.8 Å². The summed E-state index contributed by atoms with van der Waals surface area (Å²) in [4.78, 5) is 28.9. The monoisotopic (exact) mass is 362 g/mol. The van der Waals surface area contributed by atoms with Gasteiger partial charge in [-0.15, -0.1) is 0 Å². The second-order valence-corrected chi connectivity index (χ2v) is 7.52. The Balaban J connectivity index is 1.55. The smallest absolute Gasteiger partial charge is 0.333 e. The van der Waals surface area contributed by atoms with E-state index in [1.807, 2.05) is 17.1 Å². The number of hydrogen-bond acceptors (Lipinski definition) is 5. The number of aliphatic hydroxyl groups is 1. The molecule has 3 aliphatic rings. The number of carbonyl (C=O) groups excluding carboxylic acids is 2. The molecule has 2 saturated heterocycles. The number of methoxy groups -OCH3 is 1. The molecule has 6 heteroatoms. The molecule has 6 nitrogen and oxygen atoms in total. The lowest BCUT2D eigenvalue weighted by molar-refractivity contribution is -0.137. The van der Waals surface area contributed by atoms with Gasteiger partial charge in [0.25, 0.3) is 0 Å². The Morgan fingerprint density at radius 2 is 1.92 bits per heavy atom. The highest BCUT2D eigenvalue weighted by atomic mass is 16.5. The predicted octanol–water partition coefficient (Wildman–Crippen LogP) is 1.50. The molecule has 0 aromatic heterocycles. The molecule has 2 aliphatic heterocycles. The van der Waals surface area contributed by atoms with E-state index < -0.39 is 0 Å². The molecule has 1 unspecified atom stereocenters. The first-order valence-electron chi connectivity index (χ1n) is 9.75. The lowest BCUT2D eigenvalue weighted by Gasteiger charge is -2.36. The zero-order valence-electron chi connectivity index (χ0n) is 15.7. The second-order valence-electron chi connectivity index (χ2n) is 7.52. The average molecular weight is 362 g/mol. The van der Waals surface area contributed by atoms with Gasteiger partial charge in [-0.05, 0) is 38.5 Å². The van der Waals surface area contributed by atoms with E-state index in [1.54, 1.807) is 0 Å². The number of likely N-dealkylation sites (tertiary alicyclic amines) is 2. The number of nitrogens with zero attached hydrogens (tertiary/aromatic N) is 2. The van der Waals surface area contributed by atoms with Crippen molar-refractivity contribution in [2.24, 2.45) is 5.92 Å². The van der Waals surface area contributed by atoms with Crippen molar-refractivity contribution in [1.29, 1.82) is 0 Å². The molecule has 0 saturated carbocycles. The number of rotatable bonds is 5. The van der Waals surface area contributed by atoms with Gasteiger partial charge >= 0.3 is 5.97 Å². The average Bonchev–Trinajstić information content (AvgIpc) is 2.68. The van der Waals surface area contributed by atoms with Crippen molar-refractivity contribution in [3.63, 3.8) is 0 Å². The molecule has 1 aliphatic carbocycles. The molecule has 0 spiro atoms. The van der Waals surface area contributed by atoms with Crippen LogP contribution in [0.25, 0.3) is 0 Å². The van der Waals surface area contributed by atoms with Crippen LogP contribution in [0.4, 0.5) is 0 Å². The van der Waals surface area contributed by atoms with E-state index in [4.69, 9.17) is 4.74 Å². The largest absolute Gasteiger partial charge is 0.466 e. The molecule has 1 N–H and O–H groups in total. The van der Waals surface area contributed by atoms with Gasteiger partial charge in [-0.25, -0.2) is 4.79 Å². The van der Waals surface area contributed by atoms with E-state index in [-0.39, 0.29) is 23.9 Å². The standard InChI is InChI=1S/C20H30N2O4/c1-26-20(25)16-6-4-15(5-7-16)18-3-2-10-22(19(18)24)14-13-21-11-8-17(23)9-12-21/h4,6,17-18,23H,2-3,5,7-14H2,1H3. The van der Waals surface area contributed by atoms with E-state index >= 15 is 0 Å². The van der Waals surface area contributed by atoms with Gasteiger partial charge in [0.2, 0.25) is 5.91 Å². The zero-order chi connectivity index (χ0) is 18.5. The minimum Gasteiger partial charge on any atom is -0.466 e. The number of amides is 1. The highest BCUT2D eigenvalue weighted by Gasteiger charge is 2.32. The van der Waals surface area contributed by atoms with Crippen LogP contribution in [0.2, 0.25) is 0 Å². The topological polar surface area (TPSA) is 70.1 Å². The van der Waals surface area contributed by atoms with E-state index in [1.165, 1.54) is 7.11 Å². The number of esters is 1. The molecule has 2 heterocycles. The van der Waals surface area contributed by atoms with Gasteiger partial charge in [-0.2, -0.15) is 0 Å². The van der Waals surface area contributed by atoms with Crippen LogP contribution in [-0.4, -0.2) is 72.7 Å². The van der Waals surface area contributed by atoms with Crippen molar-refractivity contribution in [3.05, 3.63) is 23.3 Å². The van der Waals surface area contributed by atoms with Crippen LogP contribution >= 0.6 is 0 Å². The minimum absolute atomic E-state index is 0.0395. The molecular formula is C20H30N2O4. The Morgan fingerprint density at radius 1 is 1.15 bits per heavy atom. The van der Waals surface area contributed by atoms with Crippen molar-refractivity contribution >= 4 is 11.9 Å². The summed E-state index contributed by atoms with van der Waals surface area (Å²) in [6.45, 7) is 4.32. The lowest BCUT2D eigenvalue weighted by Crippen LogP contribution is -2.47. The Kier molecular flexibility index (Phi) is 6.48. The minimum atomic E-state index is -0.274. The summed E-state index contributed by atoms with van der Waals surface area (Å²) < 4.78 is 4.77. The van der Waals surface area contributed by atoms with Crippen LogP contribution < -0.4 is 0 Å². The fraction of sp³-hybridized carbons (Fsp3) is 0.700. The maximum atomic E-state index is 12.9. The zero-order valence-corrected chi connectivity index (χ0v) is 15.7. The number of ether oxygens (including phenoxy) is 1. The number of carbonyl (C=O) groups is 2. The fourth-order valence-electron chi connectivity index (χ4n) is 4.16. The maximum Gasteiger partial charge on any atom is 0.333 e. The summed E-state index contributed by atoms with van der Waals surface area (Å²) in [5, 5.41) is 9.60. The van der Waals surface area contributed by atoms with Gasteiger partial charge in [-0.1, -0.05) is 17.7 Å².